The summed E-state index contributed by atoms with van der Waals surface area (Å²) in [6.07, 6.45) is 4.25. The van der Waals surface area contributed by atoms with Crippen LogP contribution >= 0.6 is 0 Å². The molecule has 0 unspecified atom stereocenters. The number of aliphatic hydroxyl groups is 2. The number of hydrogen-bond acceptors (Lipinski definition) is 7. The lowest BCUT2D eigenvalue weighted by atomic mass is 9.69. The molecule has 4 atom stereocenters. The van der Waals surface area contributed by atoms with Crippen molar-refractivity contribution in [1.29, 1.82) is 0 Å². The Morgan fingerprint density at radius 2 is 1.97 bits per heavy atom. The van der Waals surface area contributed by atoms with Crippen LogP contribution in [0.2, 0.25) is 0 Å². The van der Waals surface area contributed by atoms with Gasteiger partial charge in [-0.15, -0.1) is 0 Å². The van der Waals surface area contributed by atoms with Gasteiger partial charge in [-0.2, -0.15) is 0 Å². The summed E-state index contributed by atoms with van der Waals surface area (Å²) < 4.78 is 28.7. The first kappa shape index (κ1) is 23.7. The molecule has 5 N–H and O–H groups in total. The van der Waals surface area contributed by atoms with Crippen molar-refractivity contribution in [1.82, 2.24) is 15.0 Å². The molecule has 8 nitrogen and oxygen atoms in total. The highest BCUT2D eigenvalue weighted by atomic mass is 19.1. The molecule has 10 heteroatoms. The molecule has 1 fully saturated rings. The van der Waals surface area contributed by atoms with Gasteiger partial charge >= 0.3 is 0 Å². The predicted molar refractivity (Wildman–Crippen MR) is 122 cm³/mol. The van der Waals surface area contributed by atoms with Crippen LogP contribution in [-0.4, -0.2) is 42.8 Å². The fourth-order valence-electron chi connectivity index (χ4n) is 4.31. The summed E-state index contributed by atoms with van der Waals surface area (Å²) >= 11 is 0. The van der Waals surface area contributed by atoms with Gasteiger partial charge in [0.25, 0.3) is 5.91 Å². The van der Waals surface area contributed by atoms with E-state index >= 15 is 0 Å². The zero-order valence-corrected chi connectivity index (χ0v) is 18.7. The Labute approximate surface area is 194 Å². The Balaban J connectivity index is 1.65. The zero-order valence-electron chi connectivity index (χ0n) is 18.7. The fourth-order valence-corrected chi connectivity index (χ4v) is 4.31. The number of aromatic nitrogens is 3. The number of anilines is 2. The van der Waals surface area contributed by atoms with Gasteiger partial charge in [0.2, 0.25) is 0 Å². The predicted octanol–water partition coefficient (Wildman–Crippen LogP) is 3.28. The lowest BCUT2D eigenvalue weighted by Gasteiger charge is -2.43. The average Bonchev–Trinajstić information content (AvgIpc) is 2.78. The second-order valence-electron chi connectivity index (χ2n) is 8.82. The molecular formula is C24H25F2N5O3. The first-order chi connectivity index (χ1) is 16.1. The van der Waals surface area contributed by atoms with Crippen LogP contribution in [-0.2, 0) is 0 Å². The molecule has 1 amide bonds. The highest BCUT2D eigenvalue weighted by Crippen LogP contribution is 2.43. The molecule has 1 aliphatic rings. The maximum atomic E-state index is 14.5. The Morgan fingerprint density at radius 1 is 1.21 bits per heavy atom. The highest BCUT2D eigenvalue weighted by Gasteiger charge is 2.43. The zero-order chi connectivity index (χ0) is 24.6. The van der Waals surface area contributed by atoms with E-state index in [2.05, 4.69) is 20.3 Å². The SMILES string of the molecule is C[C@H]1C[C@@H](c2ccncc2NC(=O)c2nc(-c3ncccc3F)c(F)cc2N)C[C@@H](O)[C@]1(C)O. The molecule has 3 heterocycles. The van der Waals surface area contributed by atoms with E-state index < -0.39 is 34.9 Å². The number of nitrogens with one attached hydrogen (secondary N) is 1. The largest absolute Gasteiger partial charge is 0.397 e. The number of rotatable bonds is 4. The van der Waals surface area contributed by atoms with Crippen LogP contribution < -0.4 is 11.1 Å². The highest BCUT2D eigenvalue weighted by molar-refractivity contribution is 6.06. The summed E-state index contributed by atoms with van der Waals surface area (Å²) in [6, 6.07) is 5.10. The van der Waals surface area contributed by atoms with Crippen molar-refractivity contribution in [2.24, 2.45) is 5.92 Å². The Hall–Kier alpha value is -3.50. The molecule has 3 aromatic rings. The lowest BCUT2D eigenvalue weighted by Crippen LogP contribution is -2.49. The van der Waals surface area contributed by atoms with Gasteiger partial charge in [0.1, 0.15) is 11.4 Å². The lowest BCUT2D eigenvalue weighted by molar-refractivity contribution is -0.123. The maximum Gasteiger partial charge on any atom is 0.276 e. The Kier molecular flexibility index (Phi) is 6.28. The third-order valence-electron chi connectivity index (χ3n) is 6.56. The third kappa shape index (κ3) is 4.34. The summed E-state index contributed by atoms with van der Waals surface area (Å²) in [6.45, 7) is 3.47. The van der Waals surface area contributed by atoms with Crippen molar-refractivity contribution in [3.8, 4) is 11.4 Å². The van der Waals surface area contributed by atoms with Crippen molar-refractivity contribution in [2.75, 3.05) is 11.1 Å². The van der Waals surface area contributed by atoms with E-state index in [-0.39, 0.29) is 28.9 Å². The van der Waals surface area contributed by atoms with Gasteiger partial charge < -0.3 is 21.3 Å². The van der Waals surface area contributed by atoms with E-state index in [1.54, 1.807) is 19.2 Å². The second kappa shape index (κ2) is 9.03. The maximum absolute atomic E-state index is 14.5. The molecule has 1 aliphatic carbocycles. The third-order valence-corrected chi connectivity index (χ3v) is 6.56. The first-order valence-corrected chi connectivity index (χ1v) is 10.8. The minimum atomic E-state index is -1.21. The Morgan fingerprint density at radius 3 is 2.68 bits per heavy atom. The second-order valence-corrected chi connectivity index (χ2v) is 8.82. The van der Waals surface area contributed by atoms with Gasteiger partial charge in [-0.05, 0) is 55.4 Å². The van der Waals surface area contributed by atoms with Crippen molar-refractivity contribution in [3.63, 3.8) is 0 Å². The normalized spacial score (nSPS) is 24.6. The van der Waals surface area contributed by atoms with Crippen LogP contribution in [0.3, 0.4) is 0 Å². The van der Waals surface area contributed by atoms with Crippen LogP contribution in [0.25, 0.3) is 11.4 Å². The number of nitrogens with zero attached hydrogens (tertiary/aromatic N) is 3. The van der Waals surface area contributed by atoms with Gasteiger partial charge in [0, 0.05) is 18.5 Å². The number of carbonyl (C=O) groups is 1. The molecule has 0 bridgehead atoms. The smallest absolute Gasteiger partial charge is 0.276 e. The molecule has 4 rings (SSSR count). The van der Waals surface area contributed by atoms with E-state index in [0.717, 1.165) is 17.7 Å². The number of carbonyl (C=O) groups excluding carboxylic acids is 1. The molecule has 0 radical (unpaired) electrons. The number of pyridine rings is 3. The fraction of sp³-hybridized carbons (Fsp3) is 0.333. The van der Waals surface area contributed by atoms with Gasteiger partial charge in [-0.25, -0.2) is 13.8 Å². The number of aliphatic hydroxyl groups excluding tert-OH is 1. The van der Waals surface area contributed by atoms with Gasteiger partial charge in [0.15, 0.2) is 17.3 Å². The van der Waals surface area contributed by atoms with Crippen molar-refractivity contribution < 1.29 is 23.8 Å². The van der Waals surface area contributed by atoms with Crippen LogP contribution in [0.4, 0.5) is 20.2 Å². The van der Waals surface area contributed by atoms with E-state index in [1.807, 2.05) is 6.92 Å². The topological polar surface area (TPSA) is 134 Å². The number of hydrogen-bond donors (Lipinski definition) is 4. The van der Waals surface area contributed by atoms with Crippen LogP contribution in [0.1, 0.15) is 48.7 Å². The van der Waals surface area contributed by atoms with E-state index in [9.17, 15) is 23.8 Å². The van der Waals surface area contributed by atoms with Crippen LogP contribution in [0.15, 0.2) is 42.9 Å². The van der Waals surface area contributed by atoms with E-state index in [0.29, 0.717) is 18.5 Å². The molecule has 0 aliphatic heterocycles. The molecule has 1 saturated carbocycles. The van der Waals surface area contributed by atoms with Crippen molar-refractivity contribution in [2.45, 2.75) is 44.3 Å². The number of amides is 1. The number of nitrogen functional groups attached to an aromatic ring is 1. The molecule has 0 spiro atoms. The van der Waals surface area contributed by atoms with Gasteiger partial charge in [-0.1, -0.05) is 6.92 Å². The van der Waals surface area contributed by atoms with Crippen LogP contribution in [0, 0.1) is 17.6 Å². The first-order valence-electron chi connectivity index (χ1n) is 10.8. The number of halogens is 2. The van der Waals surface area contributed by atoms with Crippen LogP contribution in [0.5, 0.6) is 0 Å². The molecule has 3 aromatic heterocycles. The van der Waals surface area contributed by atoms with Gasteiger partial charge in [-0.3, -0.25) is 14.8 Å². The summed E-state index contributed by atoms with van der Waals surface area (Å²) in [4.78, 5) is 24.9. The molecule has 0 saturated heterocycles. The summed E-state index contributed by atoms with van der Waals surface area (Å²) in [5.74, 6) is -2.78. The molecule has 34 heavy (non-hydrogen) atoms. The van der Waals surface area contributed by atoms with Crippen molar-refractivity contribution in [3.05, 3.63) is 65.7 Å². The quantitative estimate of drug-likeness (QED) is 0.461. The summed E-state index contributed by atoms with van der Waals surface area (Å²) in [5, 5.41) is 23.7. The standard InChI is InChI=1S/C24H25F2N5O3/c1-12-8-13(9-19(32)24(12,2)34)14-5-7-28-11-18(14)30-23(33)22-17(27)10-16(26)21(31-22)20-15(25)4-3-6-29-20/h3-7,10-13,19,32,34H,8-9,27H2,1-2H3,(H,30,33)/t12-,13+,19+,24+/m0/s1. The Bertz CT molecular complexity index is 1220. The minimum absolute atomic E-state index is 0.153. The molecule has 0 aromatic carbocycles. The van der Waals surface area contributed by atoms with E-state index in [4.69, 9.17) is 5.73 Å². The summed E-state index contributed by atoms with van der Waals surface area (Å²) in [7, 11) is 0. The summed E-state index contributed by atoms with van der Waals surface area (Å²) in [5.41, 5.74) is 4.44. The number of nitrogens with two attached hydrogens (primary N) is 1. The molecular weight excluding hydrogens is 444 g/mol. The van der Waals surface area contributed by atoms with Gasteiger partial charge in [0.05, 0.1) is 29.3 Å². The van der Waals surface area contributed by atoms with E-state index in [1.165, 1.54) is 18.5 Å². The monoisotopic (exact) mass is 469 g/mol. The average molecular weight is 469 g/mol. The molecule has 178 valence electrons. The van der Waals surface area contributed by atoms with Crippen molar-refractivity contribution >= 4 is 17.3 Å². The minimum Gasteiger partial charge on any atom is -0.397 e.